The molecule has 0 aromatic rings. The summed E-state index contributed by atoms with van der Waals surface area (Å²) in [7, 11) is 0. The number of carbonyl (C=O) groups excluding carboxylic acids is 1. The topological polar surface area (TPSA) is 89.8 Å². The van der Waals surface area contributed by atoms with Crippen LogP contribution in [0.3, 0.4) is 0 Å². The van der Waals surface area contributed by atoms with Crippen LogP contribution in [0.1, 0.15) is 219 Å². The molecule has 1 amide bonds. The minimum atomic E-state index is -1.13. The Kier molecular flexibility index (Phi) is 34.7. The number of aliphatic hydroxyl groups is 3. The Hall–Kier alpha value is -0.650. The molecule has 0 saturated carbocycles. The summed E-state index contributed by atoms with van der Waals surface area (Å²) in [6, 6.07) is -0.800. The van der Waals surface area contributed by atoms with Gasteiger partial charge in [-0.1, -0.05) is 200 Å². The number of amides is 1. The van der Waals surface area contributed by atoms with Gasteiger partial charge in [0.05, 0.1) is 18.8 Å². The second-order valence-corrected chi connectivity index (χ2v) is 13.9. The van der Waals surface area contributed by atoms with Crippen molar-refractivity contribution in [3.8, 4) is 0 Å². The fourth-order valence-electron chi connectivity index (χ4n) is 6.34. The first-order valence-corrected chi connectivity index (χ1v) is 19.8. The first-order valence-electron chi connectivity index (χ1n) is 19.8. The second-order valence-electron chi connectivity index (χ2n) is 13.9. The van der Waals surface area contributed by atoms with Crippen molar-refractivity contribution in [3.63, 3.8) is 0 Å². The van der Waals surface area contributed by atoms with E-state index >= 15 is 0 Å². The van der Waals surface area contributed by atoms with Crippen molar-refractivity contribution >= 4 is 5.91 Å². The maximum absolute atomic E-state index is 12.4. The normalized spacial score (nSPS) is 13.7. The van der Waals surface area contributed by atoms with Gasteiger partial charge in [-0.05, 0) is 12.8 Å². The molecule has 0 spiro atoms. The van der Waals surface area contributed by atoms with Crippen molar-refractivity contribution in [3.05, 3.63) is 0 Å². The minimum Gasteiger partial charge on any atom is -0.394 e. The third kappa shape index (κ3) is 30.0. The molecule has 264 valence electrons. The monoisotopic (exact) mass is 626 g/mol. The van der Waals surface area contributed by atoms with Gasteiger partial charge in [0.2, 0.25) is 5.91 Å². The summed E-state index contributed by atoms with van der Waals surface area (Å²) in [5.74, 6) is -0.142. The third-order valence-corrected chi connectivity index (χ3v) is 9.46. The second kappa shape index (κ2) is 35.2. The predicted molar refractivity (Wildman–Crippen MR) is 190 cm³/mol. The Morgan fingerprint density at radius 3 is 1.09 bits per heavy atom. The lowest BCUT2D eigenvalue weighted by molar-refractivity contribution is -0.124. The molecule has 0 aliphatic carbocycles. The van der Waals surface area contributed by atoms with E-state index in [-0.39, 0.29) is 12.5 Å². The fourth-order valence-corrected chi connectivity index (χ4v) is 6.34. The molecule has 0 saturated heterocycles. The van der Waals surface area contributed by atoms with Crippen LogP contribution >= 0.6 is 0 Å². The van der Waals surface area contributed by atoms with Gasteiger partial charge in [0.15, 0.2) is 0 Å². The highest BCUT2D eigenvalue weighted by Gasteiger charge is 2.26. The average molecular weight is 626 g/mol. The molecule has 0 aliphatic rings. The molecule has 4 N–H and O–H groups in total. The highest BCUT2D eigenvalue weighted by Crippen LogP contribution is 2.16. The molecule has 3 atom stereocenters. The van der Waals surface area contributed by atoms with Gasteiger partial charge in [-0.2, -0.15) is 0 Å². The van der Waals surface area contributed by atoms with Crippen LogP contribution in [0.5, 0.6) is 0 Å². The van der Waals surface area contributed by atoms with Gasteiger partial charge in [-0.15, -0.1) is 0 Å². The Morgan fingerprint density at radius 2 is 0.773 bits per heavy atom. The summed E-state index contributed by atoms with van der Waals surface area (Å²) in [6.07, 6.45) is 37.8. The maximum Gasteiger partial charge on any atom is 0.220 e. The third-order valence-electron chi connectivity index (χ3n) is 9.46. The van der Waals surface area contributed by atoms with E-state index in [1.54, 1.807) is 0 Å². The molecule has 0 aliphatic heterocycles. The van der Waals surface area contributed by atoms with Crippen LogP contribution in [0.25, 0.3) is 0 Å². The van der Waals surface area contributed by atoms with Gasteiger partial charge in [-0.25, -0.2) is 0 Å². The lowest BCUT2D eigenvalue weighted by atomic mass is 9.99. The number of unbranched alkanes of at least 4 members (excludes halogenated alkanes) is 28. The molecule has 0 aromatic carbocycles. The number of hydrogen-bond acceptors (Lipinski definition) is 4. The van der Waals surface area contributed by atoms with E-state index in [1.807, 2.05) is 0 Å². The quantitative estimate of drug-likeness (QED) is 0.0521. The number of rotatable bonds is 36. The molecule has 0 bridgehead atoms. The molecule has 0 aromatic heterocycles. The van der Waals surface area contributed by atoms with Crippen molar-refractivity contribution in [1.82, 2.24) is 5.32 Å². The summed E-state index contributed by atoms with van der Waals surface area (Å²) in [4.78, 5) is 12.4. The van der Waals surface area contributed by atoms with Crippen molar-refractivity contribution < 1.29 is 20.1 Å². The zero-order valence-electron chi connectivity index (χ0n) is 29.8. The number of carbonyl (C=O) groups is 1. The fraction of sp³-hybridized carbons (Fsp3) is 0.974. The van der Waals surface area contributed by atoms with Crippen molar-refractivity contribution in [2.45, 2.75) is 238 Å². The van der Waals surface area contributed by atoms with Crippen LogP contribution in [0.2, 0.25) is 0 Å². The lowest BCUT2D eigenvalue weighted by Gasteiger charge is -2.26. The number of nitrogens with one attached hydrogen (secondary N) is 1. The molecule has 0 fully saturated rings. The van der Waals surface area contributed by atoms with E-state index in [0.29, 0.717) is 12.8 Å². The summed E-state index contributed by atoms with van der Waals surface area (Å²) >= 11 is 0. The molecule has 0 rings (SSSR count). The van der Waals surface area contributed by atoms with Gasteiger partial charge in [0.1, 0.15) is 6.10 Å². The largest absolute Gasteiger partial charge is 0.394 e. The summed E-state index contributed by atoms with van der Waals surface area (Å²) in [5.41, 5.74) is 0. The van der Waals surface area contributed by atoms with Crippen LogP contribution in [0, 0.1) is 0 Å². The van der Waals surface area contributed by atoms with Crippen molar-refractivity contribution in [2.75, 3.05) is 6.61 Å². The Bertz CT molecular complexity index is 572. The molecule has 44 heavy (non-hydrogen) atoms. The van der Waals surface area contributed by atoms with E-state index in [4.69, 9.17) is 0 Å². The van der Waals surface area contributed by atoms with Crippen LogP contribution in [0.15, 0.2) is 0 Å². The Balaban J connectivity index is 3.55. The van der Waals surface area contributed by atoms with Crippen LogP contribution in [0.4, 0.5) is 0 Å². The molecule has 0 unspecified atom stereocenters. The minimum absolute atomic E-state index is 0.142. The Labute approximate surface area is 275 Å². The van der Waals surface area contributed by atoms with E-state index < -0.39 is 18.2 Å². The summed E-state index contributed by atoms with van der Waals surface area (Å²) in [6.45, 7) is 4.16. The summed E-state index contributed by atoms with van der Waals surface area (Å²) < 4.78 is 0. The average Bonchev–Trinajstić information content (AvgIpc) is 3.03. The maximum atomic E-state index is 12.4. The van der Waals surface area contributed by atoms with E-state index in [0.717, 1.165) is 38.5 Å². The van der Waals surface area contributed by atoms with Crippen molar-refractivity contribution in [2.24, 2.45) is 0 Å². The van der Waals surface area contributed by atoms with Crippen LogP contribution in [-0.4, -0.2) is 46.1 Å². The standard InChI is InChI=1S/C39H79NO4/c1-3-5-7-9-11-13-14-15-16-17-18-19-20-21-22-23-24-26-28-30-32-34-38(43)40-36(35-41)39(44)37(42)33-31-29-27-25-12-10-8-6-4-2/h36-37,39,41-42,44H,3-35H2,1-2H3,(H,40,43)/t36-,37+,39-/m0/s1. The first kappa shape index (κ1) is 43.4. The van der Waals surface area contributed by atoms with Crippen LogP contribution < -0.4 is 5.32 Å². The predicted octanol–water partition coefficient (Wildman–Crippen LogP) is 10.7. The molecule has 5 nitrogen and oxygen atoms in total. The molecule has 5 heteroatoms. The van der Waals surface area contributed by atoms with E-state index in [9.17, 15) is 20.1 Å². The lowest BCUT2D eigenvalue weighted by Crippen LogP contribution is -2.50. The Morgan fingerprint density at radius 1 is 0.477 bits per heavy atom. The highest BCUT2D eigenvalue weighted by atomic mass is 16.3. The van der Waals surface area contributed by atoms with E-state index in [2.05, 4.69) is 19.2 Å². The van der Waals surface area contributed by atoms with Gasteiger partial charge < -0.3 is 20.6 Å². The molecular formula is C39H79NO4. The number of hydrogen-bond donors (Lipinski definition) is 4. The van der Waals surface area contributed by atoms with Gasteiger partial charge in [0, 0.05) is 6.42 Å². The highest BCUT2D eigenvalue weighted by molar-refractivity contribution is 5.76. The molecular weight excluding hydrogens is 546 g/mol. The van der Waals surface area contributed by atoms with Gasteiger partial charge in [-0.3, -0.25) is 4.79 Å². The van der Waals surface area contributed by atoms with Gasteiger partial charge in [0.25, 0.3) is 0 Å². The van der Waals surface area contributed by atoms with Gasteiger partial charge >= 0.3 is 0 Å². The summed E-state index contributed by atoms with van der Waals surface area (Å²) in [5, 5.41) is 33.3. The zero-order valence-corrected chi connectivity index (χ0v) is 29.8. The number of aliphatic hydroxyl groups excluding tert-OH is 3. The SMILES string of the molecule is CCCCCCCCCCCCCCCCCCCCCCCC(=O)N[C@@H](CO)[C@H](O)[C@H](O)CCCCCCCCCCC. The van der Waals surface area contributed by atoms with Crippen LogP contribution in [-0.2, 0) is 4.79 Å². The molecule has 0 heterocycles. The smallest absolute Gasteiger partial charge is 0.220 e. The van der Waals surface area contributed by atoms with E-state index in [1.165, 1.54) is 154 Å². The van der Waals surface area contributed by atoms with Crippen molar-refractivity contribution in [1.29, 1.82) is 0 Å². The zero-order chi connectivity index (χ0) is 32.4. The first-order chi connectivity index (χ1) is 21.6. The molecule has 0 radical (unpaired) electrons.